The molecule has 0 bridgehead atoms. The van der Waals surface area contributed by atoms with Gasteiger partial charge in [0, 0.05) is 36.4 Å². The first-order chi connectivity index (χ1) is 9.17. The van der Waals surface area contributed by atoms with Crippen molar-refractivity contribution in [2.45, 2.75) is 26.2 Å². The van der Waals surface area contributed by atoms with Crippen molar-refractivity contribution in [2.24, 2.45) is 0 Å². The molecule has 0 fully saturated rings. The number of fused-ring (bicyclic) bond motifs is 1. The van der Waals surface area contributed by atoms with Gasteiger partial charge in [-0.25, -0.2) is 0 Å². The van der Waals surface area contributed by atoms with E-state index in [1.54, 1.807) is 14.2 Å². The van der Waals surface area contributed by atoms with Crippen molar-refractivity contribution in [3.63, 3.8) is 0 Å². The van der Waals surface area contributed by atoms with E-state index in [4.69, 9.17) is 9.47 Å². The minimum Gasteiger partial charge on any atom is -0.355 e. The number of methoxy groups -OCH3 is 2. The van der Waals surface area contributed by atoms with Gasteiger partial charge < -0.3 is 14.8 Å². The highest BCUT2D eigenvalue weighted by atomic mass is 32.1. The van der Waals surface area contributed by atoms with Crippen LogP contribution in [-0.4, -0.2) is 27.1 Å². The lowest BCUT2D eigenvalue weighted by atomic mass is 10.1. The number of hydrogen-bond donors (Lipinski definition) is 1. The van der Waals surface area contributed by atoms with Crippen molar-refractivity contribution in [1.82, 2.24) is 5.32 Å². The van der Waals surface area contributed by atoms with E-state index in [1.165, 1.54) is 20.5 Å². The van der Waals surface area contributed by atoms with Crippen LogP contribution in [-0.2, 0) is 9.47 Å². The number of nitrogens with one attached hydrogen (secondary N) is 1. The summed E-state index contributed by atoms with van der Waals surface area (Å²) in [5.74, 6) is 0. The van der Waals surface area contributed by atoms with Gasteiger partial charge in [-0.3, -0.25) is 0 Å². The summed E-state index contributed by atoms with van der Waals surface area (Å²) in [5, 5.41) is 4.82. The molecule has 1 aromatic carbocycles. The molecule has 0 aliphatic rings. The molecule has 2 aromatic rings. The second-order valence-corrected chi connectivity index (χ2v) is 5.70. The van der Waals surface area contributed by atoms with Crippen molar-refractivity contribution in [1.29, 1.82) is 0 Å². The second kappa shape index (κ2) is 6.48. The maximum atomic E-state index is 5.19. The minimum absolute atomic E-state index is 0.197. The zero-order valence-corrected chi connectivity index (χ0v) is 12.7. The molecule has 19 heavy (non-hydrogen) atoms. The molecule has 1 aromatic heterocycles. The molecule has 0 aliphatic carbocycles. The lowest BCUT2D eigenvalue weighted by molar-refractivity contribution is -0.0997. The van der Waals surface area contributed by atoms with Crippen LogP contribution in [0, 0.1) is 6.92 Å². The van der Waals surface area contributed by atoms with Gasteiger partial charge in [-0.2, -0.15) is 0 Å². The molecule has 0 aliphatic heterocycles. The average molecular weight is 279 g/mol. The molecule has 0 spiro atoms. The lowest BCUT2D eigenvalue weighted by Crippen LogP contribution is -2.31. The largest absolute Gasteiger partial charge is 0.355 e. The minimum atomic E-state index is -0.197. The molecular weight excluding hydrogens is 258 g/mol. The summed E-state index contributed by atoms with van der Waals surface area (Å²) in [4.78, 5) is 1.38. The Kier molecular flexibility index (Phi) is 4.93. The van der Waals surface area contributed by atoms with Crippen LogP contribution in [0.4, 0.5) is 0 Å². The van der Waals surface area contributed by atoms with Crippen LogP contribution in [0.5, 0.6) is 0 Å². The van der Waals surface area contributed by atoms with Crippen molar-refractivity contribution < 1.29 is 9.47 Å². The fourth-order valence-electron chi connectivity index (χ4n) is 2.23. The van der Waals surface area contributed by atoms with Crippen LogP contribution in [0.25, 0.3) is 10.1 Å². The van der Waals surface area contributed by atoms with E-state index in [9.17, 15) is 0 Å². The molecule has 1 heterocycles. The Morgan fingerprint density at radius 1 is 1.21 bits per heavy atom. The van der Waals surface area contributed by atoms with Gasteiger partial charge >= 0.3 is 0 Å². The summed E-state index contributed by atoms with van der Waals surface area (Å²) in [6, 6.07) is 8.84. The van der Waals surface area contributed by atoms with E-state index in [1.807, 2.05) is 11.3 Å². The summed E-state index contributed by atoms with van der Waals surface area (Å²) in [7, 11) is 3.32. The van der Waals surface area contributed by atoms with Crippen molar-refractivity contribution in [3.8, 4) is 0 Å². The highest BCUT2D eigenvalue weighted by Gasteiger charge is 2.15. The zero-order chi connectivity index (χ0) is 13.8. The smallest absolute Gasteiger partial charge is 0.169 e. The summed E-state index contributed by atoms with van der Waals surface area (Å²) in [5.41, 5.74) is 1.37. The molecule has 3 nitrogen and oxygen atoms in total. The lowest BCUT2D eigenvalue weighted by Gasteiger charge is -2.18. The Morgan fingerprint density at radius 2 is 1.89 bits per heavy atom. The van der Waals surface area contributed by atoms with Crippen LogP contribution < -0.4 is 5.32 Å². The first kappa shape index (κ1) is 14.5. The fourth-order valence-corrected chi connectivity index (χ4v) is 3.47. The van der Waals surface area contributed by atoms with Crippen LogP contribution in [0.1, 0.15) is 23.4 Å². The normalized spacial score (nSPS) is 13.3. The van der Waals surface area contributed by atoms with E-state index in [2.05, 4.69) is 43.4 Å². The van der Waals surface area contributed by atoms with Gasteiger partial charge in [0.2, 0.25) is 0 Å². The van der Waals surface area contributed by atoms with Gasteiger partial charge in [-0.1, -0.05) is 18.2 Å². The number of rotatable bonds is 6. The van der Waals surface area contributed by atoms with Crippen LogP contribution in [0.15, 0.2) is 24.3 Å². The monoisotopic (exact) mass is 279 g/mol. The molecular formula is C15H21NO2S. The zero-order valence-electron chi connectivity index (χ0n) is 11.9. The van der Waals surface area contributed by atoms with Crippen molar-refractivity contribution in [2.75, 3.05) is 20.8 Å². The second-order valence-electron chi connectivity index (χ2n) is 4.62. The van der Waals surface area contributed by atoms with Gasteiger partial charge in [-0.05, 0) is 30.9 Å². The molecule has 0 saturated carbocycles. The quantitative estimate of drug-likeness (QED) is 0.821. The summed E-state index contributed by atoms with van der Waals surface area (Å²) >= 11 is 1.85. The maximum Gasteiger partial charge on any atom is 0.169 e. The third-order valence-corrected chi connectivity index (χ3v) is 4.85. The molecule has 104 valence electrons. The Hall–Kier alpha value is -0.940. The summed E-state index contributed by atoms with van der Waals surface area (Å²) < 4.78 is 11.7. The van der Waals surface area contributed by atoms with E-state index < -0.39 is 0 Å². The Labute approximate surface area is 118 Å². The van der Waals surface area contributed by atoms with E-state index in [-0.39, 0.29) is 6.29 Å². The van der Waals surface area contributed by atoms with Gasteiger partial charge in [0.05, 0.1) is 0 Å². The third-order valence-electron chi connectivity index (χ3n) is 3.39. The van der Waals surface area contributed by atoms with Gasteiger partial charge in [0.15, 0.2) is 6.29 Å². The maximum absolute atomic E-state index is 5.19. The predicted octanol–water partition coefficient (Wildman–Crippen LogP) is 3.48. The number of thiophene rings is 1. The Balaban J connectivity index is 2.13. The first-order valence-corrected chi connectivity index (χ1v) is 7.26. The number of benzene rings is 1. The first-order valence-electron chi connectivity index (χ1n) is 6.44. The van der Waals surface area contributed by atoms with E-state index in [0.717, 1.165) is 0 Å². The van der Waals surface area contributed by atoms with E-state index >= 15 is 0 Å². The topological polar surface area (TPSA) is 30.5 Å². The molecule has 1 N–H and O–H groups in total. The molecule has 1 atom stereocenters. The van der Waals surface area contributed by atoms with E-state index in [0.29, 0.717) is 12.6 Å². The average Bonchev–Trinajstić information content (AvgIpc) is 2.78. The van der Waals surface area contributed by atoms with Crippen LogP contribution in [0.2, 0.25) is 0 Å². The highest BCUT2D eigenvalue weighted by molar-refractivity contribution is 7.19. The van der Waals surface area contributed by atoms with Crippen LogP contribution in [0.3, 0.4) is 0 Å². The van der Waals surface area contributed by atoms with Crippen LogP contribution >= 0.6 is 11.3 Å². The van der Waals surface area contributed by atoms with Crippen molar-refractivity contribution in [3.05, 3.63) is 34.7 Å². The number of aryl methyl sites for hydroxylation is 1. The standard InChI is InChI=1S/C15H21NO2S/c1-10-12-7-5-6-8-13(12)19-15(10)11(2)16-9-14(17-3)18-4/h5-8,11,14,16H,9H2,1-4H3. The SMILES string of the molecule is COC(CNC(C)c1sc2ccccc2c1C)OC. The van der Waals surface area contributed by atoms with Gasteiger partial charge in [0.1, 0.15) is 0 Å². The molecule has 0 saturated heterocycles. The van der Waals surface area contributed by atoms with Gasteiger partial charge in [-0.15, -0.1) is 11.3 Å². The number of hydrogen-bond acceptors (Lipinski definition) is 4. The highest BCUT2D eigenvalue weighted by Crippen LogP contribution is 2.34. The molecule has 0 radical (unpaired) electrons. The van der Waals surface area contributed by atoms with Crippen molar-refractivity contribution >= 4 is 21.4 Å². The number of ether oxygens (including phenoxy) is 2. The fraction of sp³-hybridized carbons (Fsp3) is 0.467. The molecule has 0 amide bonds. The molecule has 4 heteroatoms. The summed E-state index contributed by atoms with van der Waals surface area (Å²) in [6.07, 6.45) is -0.197. The predicted molar refractivity (Wildman–Crippen MR) is 80.8 cm³/mol. The Bertz CT molecular complexity index is 534. The summed E-state index contributed by atoms with van der Waals surface area (Å²) in [6.45, 7) is 5.05. The molecule has 2 rings (SSSR count). The van der Waals surface area contributed by atoms with Gasteiger partial charge in [0.25, 0.3) is 0 Å². The third kappa shape index (κ3) is 3.15. The molecule has 1 unspecified atom stereocenters. The Morgan fingerprint density at radius 3 is 2.53 bits per heavy atom.